The van der Waals surface area contributed by atoms with Crippen LogP contribution in [0.2, 0.25) is 0 Å². The molecule has 106 valence electrons. The Bertz CT molecular complexity index is 708. The first kappa shape index (κ1) is 14.5. The molecule has 6 heteroatoms. The van der Waals surface area contributed by atoms with Crippen molar-refractivity contribution in [2.75, 3.05) is 6.26 Å². The lowest BCUT2D eigenvalue weighted by Crippen LogP contribution is -1.96. The van der Waals surface area contributed by atoms with Gasteiger partial charge in [-0.25, -0.2) is 12.8 Å². The summed E-state index contributed by atoms with van der Waals surface area (Å²) in [5.74, 6) is -0.258. The van der Waals surface area contributed by atoms with Crippen molar-refractivity contribution in [1.29, 1.82) is 0 Å². The molecule has 0 aromatic heterocycles. The van der Waals surface area contributed by atoms with Gasteiger partial charge in [0.15, 0.2) is 21.4 Å². The third kappa shape index (κ3) is 3.34. The highest BCUT2D eigenvalue weighted by molar-refractivity contribution is 7.90. The molecule has 4 nitrogen and oxygen atoms in total. The van der Waals surface area contributed by atoms with E-state index in [1.807, 2.05) is 0 Å². The van der Waals surface area contributed by atoms with Crippen LogP contribution in [0.5, 0.6) is 11.5 Å². The monoisotopic (exact) mass is 296 g/mol. The fourth-order valence-corrected chi connectivity index (χ4v) is 2.24. The molecule has 0 unspecified atom stereocenters. The zero-order valence-electron chi connectivity index (χ0n) is 10.7. The van der Waals surface area contributed by atoms with Crippen molar-refractivity contribution in [2.24, 2.45) is 0 Å². The van der Waals surface area contributed by atoms with E-state index >= 15 is 0 Å². The lowest BCUT2D eigenvalue weighted by molar-refractivity contribution is 0.281. The maximum absolute atomic E-state index is 13.7. The number of benzene rings is 2. The molecule has 0 bridgehead atoms. The predicted octanol–water partition coefficient (Wildman–Crippen LogP) is 2.51. The Morgan fingerprint density at radius 2 is 1.80 bits per heavy atom. The Hall–Kier alpha value is -1.92. The average molecular weight is 296 g/mol. The molecule has 2 aromatic rings. The van der Waals surface area contributed by atoms with Crippen molar-refractivity contribution in [2.45, 2.75) is 11.5 Å². The Kier molecular flexibility index (Phi) is 4.06. The Balaban J connectivity index is 2.22. The summed E-state index contributed by atoms with van der Waals surface area (Å²) in [6, 6.07) is 9.83. The van der Waals surface area contributed by atoms with Gasteiger partial charge >= 0.3 is 0 Å². The van der Waals surface area contributed by atoms with Crippen molar-refractivity contribution in [3.63, 3.8) is 0 Å². The minimum atomic E-state index is -3.27. The van der Waals surface area contributed by atoms with Crippen LogP contribution in [0.15, 0.2) is 47.4 Å². The molecule has 1 N–H and O–H groups in total. The SMILES string of the molecule is CS(=O)(=O)c1ccc(Oc2ccc(CO)cc2F)cc1. The van der Waals surface area contributed by atoms with Crippen LogP contribution in [-0.4, -0.2) is 19.8 Å². The van der Waals surface area contributed by atoms with Gasteiger partial charge in [-0.05, 0) is 42.0 Å². The summed E-state index contributed by atoms with van der Waals surface area (Å²) < 4.78 is 41.6. The number of aliphatic hydroxyl groups is 1. The largest absolute Gasteiger partial charge is 0.454 e. The Morgan fingerprint density at radius 3 is 2.30 bits per heavy atom. The van der Waals surface area contributed by atoms with Crippen LogP contribution in [0, 0.1) is 5.82 Å². The minimum Gasteiger partial charge on any atom is -0.454 e. The molecule has 0 aliphatic heterocycles. The maximum atomic E-state index is 13.7. The minimum absolute atomic E-state index is 0.00862. The molecule has 0 fully saturated rings. The first-order valence-corrected chi connectivity index (χ1v) is 7.66. The van der Waals surface area contributed by atoms with Gasteiger partial charge in [-0.1, -0.05) is 6.07 Å². The standard InChI is InChI=1S/C14H13FO4S/c1-20(17,18)12-5-3-11(4-6-12)19-14-7-2-10(9-16)8-13(14)15/h2-8,16H,9H2,1H3. The summed E-state index contributed by atoms with van der Waals surface area (Å²) in [4.78, 5) is 0.168. The van der Waals surface area contributed by atoms with Crippen molar-refractivity contribution in [3.05, 3.63) is 53.8 Å². The molecular formula is C14H13FO4S. The van der Waals surface area contributed by atoms with Gasteiger partial charge < -0.3 is 9.84 Å². The highest BCUT2D eigenvalue weighted by atomic mass is 32.2. The van der Waals surface area contributed by atoms with E-state index in [2.05, 4.69) is 0 Å². The molecule has 0 saturated heterocycles. The van der Waals surface area contributed by atoms with Gasteiger partial charge in [-0.3, -0.25) is 0 Å². The molecule has 0 saturated carbocycles. The van der Waals surface area contributed by atoms with Gasteiger partial charge in [0.1, 0.15) is 5.75 Å². The van der Waals surface area contributed by atoms with Crippen LogP contribution in [0.4, 0.5) is 4.39 Å². The highest BCUT2D eigenvalue weighted by Gasteiger charge is 2.09. The van der Waals surface area contributed by atoms with Crippen molar-refractivity contribution in [3.8, 4) is 11.5 Å². The fourth-order valence-electron chi connectivity index (χ4n) is 1.61. The Labute approximate surface area is 116 Å². The highest BCUT2D eigenvalue weighted by Crippen LogP contribution is 2.26. The molecule has 0 aliphatic rings. The summed E-state index contributed by atoms with van der Waals surface area (Å²) in [7, 11) is -3.27. The van der Waals surface area contributed by atoms with E-state index in [9.17, 15) is 12.8 Å². The summed E-state index contributed by atoms with van der Waals surface area (Å²) in [6.07, 6.45) is 1.11. The van der Waals surface area contributed by atoms with E-state index in [0.29, 0.717) is 11.3 Å². The number of aliphatic hydroxyl groups excluding tert-OH is 1. The second-order valence-electron chi connectivity index (χ2n) is 4.27. The zero-order chi connectivity index (χ0) is 14.8. The molecule has 0 radical (unpaired) electrons. The van der Waals surface area contributed by atoms with E-state index in [-0.39, 0.29) is 17.3 Å². The van der Waals surface area contributed by atoms with Crippen LogP contribution in [0.3, 0.4) is 0 Å². The summed E-state index contributed by atoms with van der Waals surface area (Å²) >= 11 is 0. The third-order valence-corrected chi connectivity index (χ3v) is 3.79. The number of halogens is 1. The van der Waals surface area contributed by atoms with Gasteiger partial charge in [0.25, 0.3) is 0 Å². The van der Waals surface area contributed by atoms with Gasteiger partial charge in [0, 0.05) is 6.26 Å². The van der Waals surface area contributed by atoms with Crippen molar-refractivity contribution in [1.82, 2.24) is 0 Å². The van der Waals surface area contributed by atoms with E-state index in [1.54, 1.807) is 6.07 Å². The maximum Gasteiger partial charge on any atom is 0.175 e. The fraction of sp³-hybridized carbons (Fsp3) is 0.143. The third-order valence-electron chi connectivity index (χ3n) is 2.66. The molecule has 2 aromatic carbocycles. The number of rotatable bonds is 4. The van der Waals surface area contributed by atoms with Crippen LogP contribution in [-0.2, 0) is 16.4 Å². The van der Waals surface area contributed by atoms with Gasteiger partial charge in [-0.15, -0.1) is 0 Å². The number of sulfone groups is 1. The predicted molar refractivity (Wildman–Crippen MR) is 71.9 cm³/mol. The molecular weight excluding hydrogens is 283 g/mol. The smallest absolute Gasteiger partial charge is 0.175 e. The van der Waals surface area contributed by atoms with Gasteiger partial charge in [0.2, 0.25) is 0 Å². The topological polar surface area (TPSA) is 63.6 Å². The number of hydrogen-bond acceptors (Lipinski definition) is 4. The molecule has 0 aliphatic carbocycles. The molecule has 20 heavy (non-hydrogen) atoms. The summed E-state index contributed by atoms with van der Waals surface area (Å²) in [5.41, 5.74) is 0.447. The van der Waals surface area contributed by atoms with Crippen LogP contribution in [0.25, 0.3) is 0 Å². The van der Waals surface area contributed by atoms with Gasteiger partial charge in [0.05, 0.1) is 11.5 Å². The normalized spacial score (nSPS) is 11.3. The summed E-state index contributed by atoms with van der Waals surface area (Å²) in [6.45, 7) is -0.250. The van der Waals surface area contributed by atoms with Crippen LogP contribution < -0.4 is 4.74 Å². The number of hydrogen-bond donors (Lipinski definition) is 1. The summed E-state index contributed by atoms with van der Waals surface area (Å²) in [5, 5.41) is 8.89. The van der Waals surface area contributed by atoms with Crippen LogP contribution >= 0.6 is 0 Å². The molecule has 0 heterocycles. The van der Waals surface area contributed by atoms with Crippen molar-refractivity contribution >= 4 is 9.84 Å². The number of ether oxygens (including phenoxy) is 1. The zero-order valence-corrected chi connectivity index (χ0v) is 11.5. The first-order valence-electron chi connectivity index (χ1n) is 5.77. The van der Waals surface area contributed by atoms with Crippen LogP contribution in [0.1, 0.15) is 5.56 Å². The van der Waals surface area contributed by atoms with Crippen molar-refractivity contribution < 1.29 is 22.7 Å². The molecule has 0 amide bonds. The van der Waals surface area contributed by atoms with E-state index in [4.69, 9.17) is 9.84 Å². The average Bonchev–Trinajstić information content (AvgIpc) is 2.40. The second kappa shape index (κ2) is 5.60. The van der Waals surface area contributed by atoms with Gasteiger partial charge in [-0.2, -0.15) is 0 Å². The van der Waals surface area contributed by atoms with E-state index in [0.717, 1.165) is 6.26 Å². The molecule has 2 rings (SSSR count). The Morgan fingerprint density at radius 1 is 1.15 bits per heavy atom. The molecule has 0 spiro atoms. The lowest BCUT2D eigenvalue weighted by atomic mass is 10.2. The van der Waals surface area contributed by atoms with E-state index < -0.39 is 15.7 Å². The van der Waals surface area contributed by atoms with E-state index in [1.165, 1.54) is 36.4 Å². The first-order chi connectivity index (χ1) is 9.40. The lowest BCUT2D eigenvalue weighted by Gasteiger charge is -2.08. The quantitative estimate of drug-likeness (QED) is 0.941. The second-order valence-corrected chi connectivity index (χ2v) is 6.28. The molecule has 0 atom stereocenters.